The molecule has 1 saturated heterocycles. The molecule has 160 valence electrons. The van der Waals surface area contributed by atoms with Gasteiger partial charge in [0.2, 0.25) is 5.91 Å². The van der Waals surface area contributed by atoms with Gasteiger partial charge in [-0.25, -0.2) is 0 Å². The van der Waals surface area contributed by atoms with Gasteiger partial charge in [-0.05, 0) is 48.6 Å². The molecule has 1 aromatic carbocycles. The number of carbonyl (C=O) groups excluding carboxylic acids is 3. The normalized spacial score (nSPS) is 18.6. The fourth-order valence-corrected chi connectivity index (χ4v) is 3.79. The lowest BCUT2D eigenvalue weighted by atomic mass is 9.91. The van der Waals surface area contributed by atoms with E-state index in [-0.39, 0.29) is 18.2 Å². The topological polar surface area (TPSA) is 101 Å². The predicted molar refractivity (Wildman–Crippen MR) is 112 cm³/mol. The number of benzene rings is 1. The summed E-state index contributed by atoms with van der Waals surface area (Å²) in [5.41, 5.74) is 0.741. The van der Waals surface area contributed by atoms with Gasteiger partial charge in [-0.15, -0.1) is 0 Å². The summed E-state index contributed by atoms with van der Waals surface area (Å²) in [6.07, 6.45) is 2.47. The molecule has 2 atom stereocenters. The molecule has 8 nitrogen and oxygen atoms in total. The molecular weight excluding hydrogens is 386 g/mol. The third-order valence-corrected chi connectivity index (χ3v) is 5.04. The fraction of sp³-hybridized carbons (Fsp3) is 0.409. The lowest BCUT2D eigenvalue weighted by molar-refractivity contribution is -0.115. The zero-order chi connectivity index (χ0) is 21.7. The van der Waals surface area contributed by atoms with Gasteiger partial charge in [0.1, 0.15) is 5.75 Å². The van der Waals surface area contributed by atoms with Crippen molar-refractivity contribution in [2.45, 2.75) is 20.3 Å². The smallest absolute Gasteiger partial charge is 0.287 e. The average molecular weight is 413 g/mol. The highest BCUT2D eigenvalue weighted by atomic mass is 16.5. The lowest BCUT2D eigenvalue weighted by Crippen LogP contribution is -2.43. The van der Waals surface area contributed by atoms with Crippen LogP contribution in [0.15, 0.2) is 41.0 Å². The second-order valence-corrected chi connectivity index (χ2v) is 7.78. The van der Waals surface area contributed by atoms with Crippen molar-refractivity contribution in [2.75, 3.05) is 32.1 Å². The van der Waals surface area contributed by atoms with Gasteiger partial charge in [0, 0.05) is 13.1 Å². The van der Waals surface area contributed by atoms with Crippen LogP contribution in [0.25, 0.3) is 0 Å². The summed E-state index contributed by atoms with van der Waals surface area (Å²) in [7, 11) is 1.52. The van der Waals surface area contributed by atoms with Crippen molar-refractivity contribution in [3.05, 3.63) is 47.9 Å². The Bertz CT molecular complexity index is 900. The van der Waals surface area contributed by atoms with Crippen LogP contribution in [0.1, 0.15) is 41.2 Å². The third kappa shape index (κ3) is 5.20. The summed E-state index contributed by atoms with van der Waals surface area (Å²) in [6, 6.07) is 8.04. The van der Waals surface area contributed by atoms with Crippen molar-refractivity contribution in [3.8, 4) is 5.75 Å². The maximum absolute atomic E-state index is 13.2. The summed E-state index contributed by atoms with van der Waals surface area (Å²) in [4.78, 5) is 39.4. The van der Waals surface area contributed by atoms with E-state index in [1.165, 1.54) is 19.4 Å². The van der Waals surface area contributed by atoms with Gasteiger partial charge in [-0.3, -0.25) is 14.4 Å². The van der Waals surface area contributed by atoms with Crippen LogP contribution in [-0.2, 0) is 4.79 Å². The Morgan fingerprint density at radius 3 is 2.53 bits per heavy atom. The van der Waals surface area contributed by atoms with Crippen molar-refractivity contribution >= 4 is 23.4 Å². The van der Waals surface area contributed by atoms with E-state index in [0.717, 1.165) is 6.42 Å². The molecule has 2 aromatic rings. The Morgan fingerprint density at radius 2 is 1.90 bits per heavy atom. The summed E-state index contributed by atoms with van der Waals surface area (Å²) in [6.45, 7) is 5.36. The molecule has 1 aliphatic rings. The minimum Gasteiger partial charge on any atom is -0.497 e. The number of hydrogen-bond acceptors (Lipinski definition) is 5. The molecule has 0 unspecified atom stereocenters. The van der Waals surface area contributed by atoms with E-state index in [4.69, 9.17) is 9.15 Å². The molecule has 0 saturated carbocycles. The Kier molecular flexibility index (Phi) is 6.76. The first-order valence-electron chi connectivity index (χ1n) is 9.96. The highest BCUT2D eigenvalue weighted by Gasteiger charge is 2.28. The molecule has 30 heavy (non-hydrogen) atoms. The fourth-order valence-electron chi connectivity index (χ4n) is 3.79. The summed E-state index contributed by atoms with van der Waals surface area (Å²) in [5.74, 6) is 0.391. The number of rotatable bonds is 6. The number of methoxy groups -OCH3 is 1. The Hall–Kier alpha value is -3.29. The van der Waals surface area contributed by atoms with Crippen LogP contribution in [0.3, 0.4) is 0 Å². The number of piperidine rings is 1. The molecular formula is C22H27N3O5. The SMILES string of the molecule is COc1ccc(NC(=O)CNC(=O)c2ccco2)c(C(=O)N2C[C@H](C)C[C@H](C)C2)c1. The van der Waals surface area contributed by atoms with Crippen LogP contribution < -0.4 is 15.4 Å². The molecule has 0 spiro atoms. The van der Waals surface area contributed by atoms with Gasteiger partial charge in [0.15, 0.2) is 5.76 Å². The second kappa shape index (κ2) is 9.47. The van der Waals surface area contributed by atoms with Crippen LogP contribution in [0, 0.1) is 11.8 Å². The first-order valence-corrected chi connectivity index (χ1v) is 9.96. The largest absolute Gasteiger partial charge is 0.497 e. The zero-order valence-corrected chi connectivity index (χ0v) is 17.4. The van der Waals surface area contributed by atoms with Crippen molar-refractivity contribution in [1.82, 2.24) is 10.2 Å². The number of nitrogens with one attached hydrogen (secondary N) is 2. The molecule has 3 amide bonds. The quantitative estimate of drug-likeness (QED) is 0.758. The maximum atomic E-state index is 13.2. The summed E-state index contributed by atoms with van der Waals surface area (Å²) >= 11 is 0. The number of ether oxygens (including phenoxy) is 1. The van der Waals surface area contributed by atoms with Gasteiger partial charge in [0.25, 0.3) is 11.8 Å². The van der Waals surface area contributed by atoms with Crippen LogP contribution in [0.4, 0.5) is 5.69 Å². The number of amides is 3. The van der Waals surface area contributed by atoms with Gasteiger partial charge in [0.05, 0.1) is 31.2 Å². The Balaban J connectivity index is 1.72. The first-order chi connectivity index (χ1) is 14.4. The van der Waals surface area contributed by atoms with Crippen molar-refractivity contribution in [2.24, 2.45) is 11.8 Å². The predicted octanol–water partition coefficient (Wildman–Crippen LogP) is 2.77. The molecule has 1 aromatic heterocycles. The zero-order valence-electron chi connectivity index (χ0n) is 17.4. The lowest BCUT2D eigenvalue weighted by Gasteiger charge is -2.35. The maximum Gasteiger partial charge on any atom is 0.287 e. The molecule has 3 rings (SSSR count). The number of furan rings is 1. The second-order valence-electron chi connectivity index (χ2n) is 7.78. The molecule has 2 N–H and O–H groups in total. The first kappa shape index (κ1) is 21.4. The minimum absolute atomic E-state index is 0.122. The van der Waals surface area contributed by atoms with Crippen LogP contribution in [0.2, 0.25) is 0 Å². The molecule has 1 aliphatic heterocycles. The van der Waals surface area contributed by atoms with Crippen LogP contribution >= 0.6 is 0 Å². The van der Waals surface area contributed by atoms with Gasteiger partial charge < -0.3 is 24.7 Å². The van der Waals surface area contributed by atoms with Gasteiger partial charge in [-0.2, -0.15) is 0 Å². The standard InChI is InChI=1S/C22H27N3O5/c1-14-9-15(2)13-25(12-14)22(28)17-10-16(29-3)6-7-18(17)24-20(26)11-23-21(27)19-5-4-8-30-19/h4-8,10,14-15H,9,11-13H2,1-3H3,(H,23,27)(H,24,26)/t14-,15+. The monoisotopic (exact) mass is 413 g/mol. The van der Waals surface area contributed by atoms with E-state index in [2.05, 4.69) is 24.5 Å². The highest BCUT2D eigenvalue weighted by molar-refractivity contribution is 6.05. The van der Waals surface area contributed by atoms with E-state index >= 15 is 0 Å². The number of nitrogens with zero attached hydrogens (tertiary/aromatic N) is 1. The molecule has 0 radical (unpaired) electrons. The van der Waals surface area contributed by atoms with Gasteiger partial charge >= 0.3 is 0 Å². The molecule has 2 heterocycles. The number of hydrogen-bond donors (Lipinski definition) is 2. The molecule has 1 fully saturated rings. The van der Waals surface area contributed by atoms with Crippen LogP contribution in [0.5, 0.6) is 5.75 Å². The van der Waals surface area contributed by atoms with E-state index in [1.54, 1.807) is 24.3 Å². The van der Waals surface area contributed by atoms with E-state index < -0.39 is 11.8 Å². The van der Waals surface area contributed by atoms with Crippen molar-refractivity contribution in [3.63, 3.8) is 0 Å². The average Bonchev–Trinajstić information content (AvgIpc) is 3.26. The summed E-state index contributed by atoms with van der Waals surface area (Å²) < 4.78 is 10.3. The Morgan fingerprint density at radius 1 is 1.17 bits per heavy atom. The highest BCUT2D eigenvalue weighted by Crippen LogP contribution is 2.27. The molecule has 0 aliphatic carbocycles. The van der Waals surface area contributed by atoms with Crippen molar-refractivity contribution in [1.29, 1.82) is 0 Å². The third-order valence-electron chi connectivity index (χ3n) is 5.04. The van der Waals surface area contributed by atoms with Gasteiger partial charge in [-0.1, -0.05) is 13.8 Å². The molecule has 0 bridgehead atoms. The Labute approximate surface area is 175 Å². The number of likely N-dealkylation sites (tertiary alicyclic amines) is 1. The van der Waals surface area contributed by atoms with E-state index in [0.29, 0.717) is 41.9 Å². The van der Waals surface area contributed by atoms with Crippen molar-refractivity contribution < 1.29 is 23.5 Å². The molecule has 8 heteroatoms. The van der Waals surface area contributed by atoms with E-state index in [1.807, 2.05) is 4.90 Å². The van der Waals surface area contributed by atoms with E-state index in [9.17, 15) is 14.4 Å². The number of anilines is 1. The minimum atomic E-state index is -0.488. The summed E-state index contributed by atoms with van der Waals surface area (Å²) in [5, 5.41) is 5.20. The van der Waals surface area contributed by atoms with Crippen LogP contribution in [-0.4, -0.2) is 49.4 Å². The number of carbonyl (C=O) groups is 3.